The predicted octanol–water partition coefficient (Wildman–Crippen LogP) is 24.3. The van der Waals surface area contributed by atoms with Gasteiger partial charge in [0.1, 0.15) is 0 Å². The molecular weight excluding hydrogens is 1030 g/mol. The molecule has 0 radical (unpaired) electrons. The van der Waals surface area contributed by atoms with Crippen LogP contribution in [-0.2, 0) is 0 Å². The van der Waals surface area contributed by atoms with Crippen LogP contribution in [0.1, 0.15) is 6.85 Å². The van der Waals surface area contributed by atoms with Crippen LogP contribution in [0.3, 0.4) is 0 Å². The van der Waals surface area contributed by atoms with E-state index >= 15 is 0 Å². The van der Waals surface area contributed by atoms with Gasteiger partial charge in [0.2, 0.25) is 0 Å². The van der Waals surface area contributed by atoms with Crippen molar-refractivity contribution < 1.29 is 6.85 Å². The van der Waals surface area contributed by atoms with Gasteiger partial charge < -0.3 is 0 Å². The maximum atomic E-state index is 8.61. The van der Waals surface area contributed by atoms with Gasteiger partial charge in [-0.05, 0) is 188 Å². The molecule has 0 bridgehead atoms. The van der Waals surface area contributed by atoms with Crippen LogP contribution in [0.5, 0.6) is 0 Å². The first kappa shape index (κ1) is 45.3. The Bertz CT molecular complexity index is 5670. The van der Waals surface area contributed by atoms with Crippen LogP contribution in [0.15, 0.2) is 340 Å². The van der Waals surface area contributed by atoms with E-state index in [0.29, 0.717) is 5.56 Å². The summed E-state index contributed by atoms with van der Waals surface area (Å²) in [7, 11) is 0. The molecular formula is C86H56. The van der Waals surface area contributed by atoms with E-state index in [1.165, 1.54) is 104 Å². The average Bonchev–Trinajstić information content (AvgIpc) is 0.760. The highest BCUT2D eigenvalue weighted by Crippen LogP contribution is 2.50. The van der Waals surface area contributed by atoms with Gasteiger partial charge in [-0.25, -0.2) is 0 Å². The normalized spacial score (nSPS) is 12.3. The third kappa shape index (κ3) is 8.78. The lowest BCUT2D eigenvalue weighted by Crippen LogP contribution is -1.93. The molecule has 86 heavy (non-hydrogen) atoms. The third-order valence-corrected chi connectivity index (χ3v) is 17.3. The summed E-state index contributed by atoms with van der Waals surface area (Å²) in [6.07, 6.45) is 0. The first-order valence-electron chi connectivity index (χ1n) is 31.9. The minimum atomic E-state index is -0.390. The van der Waals surface area contributed by atoms with Crippen LogP contribution >= 0.6 is 0 Å². The van der Waals surface area contributed by atoms with E-state index < -0.39 is 0 Å². The van der Waals surface area contributed by atoms with Gasteiger partial charge in [-0.15, -0.1) is 0 Å². The van der Waals surface area contributed by atoms with E-state index in [1.807, 2.05) is 54.6 Å². The van der Waals surface area contributed by atoms with Crippen LogP contribution in [0.2, 0.25) is 0 Å². The van der Waals surface area contributed by atoms with Gasteiger partial charge in [0.15, 0.2) is 0 Å². The van der Waals surface area contributed by atoms with Crippen molar-refractivity contribution in [2.75, 3.05) is 0 Å². The number of hydrogen-bond acceptors (Lipinski definition) is 0. The van der Waals surface area contributed by atoms with Crippen molar-refractivity contribution in [3.63, 3.8) is 0 Å². The van der Waals surface area contributed by atoms with Gasteiger partial charge in [0.05, 0.1) is 6.85 Å². The highest BCUT2D eigenvalue weighted by Gasteiger charge is 2.22. The molecule has 0 atom stereocenters. The Morgan fingerprint density at radius 1 is 0.151 bits per heavy atom. The van der Waals surface area contributed by atoms with Crippen molar-refractivity contribution in [3.05, 3.63) is 340 Å². The second-order valence-electron chi connectivity index (χ2n) is 22.2. The van der Waals surface area contributed by atoms with Gasteiger partial charge in [-0.3, -0.25) is 0 Å². The van der Waals surface area contributed by atoms with Crippen LogP contribution in [0.25, 0.3) is 164 Å². The second-order valence-corrected chi connectivity index (χ2v) is 22.2. The lowest BCUT2D eigenvalue weighted by atomic mass is 9.82. The third-order valence-electron chi connectivity index (χ3n) is 17.3. The van der Waals surface area contributed by atoms with Crippen LogP contribution in [-0.4, -0.2) is 0 Å². The van der Waals surface area contributed by atoms with Gasteiger partial charge >= 0.3 is 0 Å². The van der Waals surface area contributed by atoms with Crippen LogP contribution in [0, 0.1) is 0 Å². The minimum Gasteiger partial charge on any atom is -0.0622 e. The number of benzene rings is 17. The molecule has 17 aromatic rings. The molecule has 0 unspecified atom stereocenters. The molecule has 0 heterocycles. The summed E-state index contributed by atoms with van der Waals surface area (Å²) in [4.78, 5) is 0. The summed E-state index contributed by atoms with van der Waals surface area (Å²) in [6, 6.07) is 109. The summed E-state index contributed by atoms with van der Waals surface area (Å²) in [5.41, 5.74) is 15.1. The molecule has 0 aliphatic heterocycles. The maximum Gasteiger partial charge on any atom is 0.0629 e. The maximum absolute atomic E-state index is 8.61. The van der Waals surface area contributed by atoms with Gasteiger partial charge in [-0.2, -0.15) is 0 Å². The second kappa shape index (κ2) is 21.5. The van der Waals surface area contributed by atoms with Gasteiger partial charge in [-0.1, -0.05) is 315 Å². The fourth-order valence-electron chi connectivity index (χ4n) is 13.6. The first-order chi connectivity index (χ1) is 44.8. The minimum absolute atomic E-state index is 0.202. The van der Waals surface area contributed by atoms with Crippen molar-refractivity contribution in [3.8, 4) is 77.9 Å². The fraction of sp³-hybridized carbons (Fsp3) is 0. The van der Waals surface area contributed by atoms with Crippen LogP contribution in [0.4, 0.5) is 0 Å². The monoisotopic (exact) mass is 1090 g/mol. The van der Waals surface area contributed by atoms with Crippen molar-refractivity contribution >= 4 is 86.2 Å². The van der Waals surface area contributed by atoms with Crippen molar-refractivity contribution in [1.29, 1.82) is 0 Å². The zero-order valence-electron chi connectivity index (χ0n) is 51.9. The summed E-state index contributed by atoms with van der Waals surface area (Å²) in [5, 5.41) is 19.2. The SMILES string of the molecule is [2H]c1c([2H])c([2H])c(-c2ccc3c(-c4ccc5ccccc5c4)c4ccccc4c(-c4ccccc4)c3c2)c([2H])c1[2H].c1ccc(-c2c3ccccc3c(-c3ccc4c(-c5ccc6ccccc6c5)c5ccccc5c(-c5ccccc5)c4c3)c3ccccc23)cc1. The van der Waals surface area contributed by atoms with E-state index in [4.69, 9.17) is 6.85 Å². The Kier molecular flexibility index (Phi) is 11.4. The van der Waals surface area contributed by atoms with Crippen molar-refractivity contribution in [2.45, 2.75) is 0 Å². The molecule has 0 fully saturated rings. The summed E-state index contributed by atoms with van der Waals surface area (Å²) >= 11 is 0. The molecule has 0 aliphatic carbocycles. The topological polar surface area (TPSA) is 0 Å². The lowest BCUT2D eigenvalue weighted by Gasteiger charge is -2.21. The molecule has 0 amide bonds. The molecule has 0 heteroatoms. The standard InChI is InChI=1S/C50H32.C36H24/c1-3-16-34(17-4-1)47-39-21-9-12-24-42(39)50(43-25-13-10-22-40(43)47)38-29-30-45-46(32-38)48(35-18-5-2-6-19-35)41-23-11-14-26-44(41)49(45)37-28-27-33-15-7-8-20-36(33)31-37;1-3-11-25(12-4-1)29-21-22-33-34(24-29)35(27-14-5-2-6-15-27)31-17-9-10-18-32(31)36(33)30-20-19-26-13-7-8-16-28(26)23-30/h1-32H;1-24H/i;1D,3D,4D,11D,12D. The van der Waals surface area contributed by atoms with Crippen LogP contribution < -0.4 is 0 Å². The van der Waals surface area contributed by atoms with Crippen molar-refractivity contribution in [2.24, 2.45) is 0 Å². The molecule has 17 rings (SSSR count). The Morgan fingerprint density at radius 3 is 0.779 bits per heavy atom. The highest BCUT2D eigenvalue weighted by atomic mass is 14.3. The Labute approximate surface area is 507 Å². The number of rotatable bonds is 7. The number of hydrogen-bond donors (Lipinski definition) is 0. The predicted molar refractivity (Wildman–Crippen MR) is 371 cm³/mol. The van der Waals surface area contributed by atoms with E-state index in [2.05, 4.69) is 255 Å². The first-order valence-corrected chi connectivity index (χ1v) is 29.4. The molecule has 0 aromatic heterocycles. The fourth-order valence-corrected chi connectivity index (χ4v) is 13.6. The zero-order chi connectivity index (χ0) is 61.3. The van der Waals surface area contributed by atoms with E-state index in [9.17, 15) is 0 Å². The lowest BCUT2D eigenvalue weighted by molar-refractivity contribution is 1.63. The van der Waals surface area contributed by atoms with E-state index in [1.54, 1.807) is 0 Å². The number of fused-ring (bicyclic) bond motifs is 8. The molecule has 0 saturated carbocycles. The molecule has 17 aromatic carbocycles. The quantitative estimate of drug-likeness (QED) is 0.140. The molecule has 0 spiro atoms. The molecule has 400 valence electrons. The van der Waals surface area contributed by atoms with Crippen molar-refractivity contribution in [1.82, 2.24) is 0 Å². The summed E-state index contributed by atoms with van der Waals surface area (Å²) in [5.74, 6) is 0. The Hall–Kier alpha value is -11.2. The molecule has 0 aliphatic rings. The van der Waals surface area contributed by atoms with E-state index in [0.717, 1.165) is 49.2 Å². The highest BCUT2D eigenvalue weighted by molar-refractivity contribution is 6.26. The smallest absolute Gasteiger partial charge is 0.0622 e. The molecule has 0 nitrogen and oxygen atoms in total. The zero-order valence-corrected chi connectivity index (χ0v) is 46.9. The molecule has 0 N–H and O–H groups in total. The molecule has 0 saturated heterocycles. The Morgan fingerprint density at radius 2 is 0.407 bits per heavy atom. The van der Waals surface area contributed by atoms with Gasteiger partial charge in [0.25, 0.3) is 0 Å². The average molecular weight is 1090 g/mol. The Balaban J connectivity index is 0.000000148. The largest absolute Gasteiger partial charge is 0.0629 e. The van der Waals surface area contributed by atoms with E-state index in [-0.39, 0.29) is 35.8 Å². The van der Waals surface area contributed by atoms with Gasteiger partial charge in [0, 0.05) is 0 Å². The summed E-state index contributed by atoms with van der Waals surface area (Å²) < 4.78 is 41.7. The summed E-state index contributed by atoms with van der Waals surface area (Å²) in [6.45, 7) is 0.